The first-order chi connectivity index (χ1) is 12.5. The molecule has 0 saturated carbocycles. The van der Waals surface area contributed by atoms with Gasteiger partial charge in [-0.1, -0.05) is 35.0 Å². The minimum atomic E-state index is -0.417. The molecule has 0 spiro atoms. The lowest BCUT2D eigenvalue weighted by Crippen LogP contribution is -2.23. The first kappa shape index (κ1) is 17.3. The van der Waals surface area contributed by atoms with Crippen molar-refractivity contribution in [3.05, 3.63) is 76.8 Å². The minimum absolute atomic E-state index is 0.258. The molecule has 1 aromatic carbocycles. The highest BCUT2D eigenvalue weighted by Crippen LogP contribution is 2.11. The molecule has 7 nitrogen and oxygen atoms in total. The van der Waals surface area contributed by atoms with Gasteiger partial charge in [0.15, 0.2) is 5.82 Å². The van der Waals surface area contributed by atoms with Crippen molar-refractivity contribution in [2.45, 2.75) is 20.4 Å². The van der Waals surface area contributed by atoms with Crippen LogP contribution in [0.15, 0.2) is 53.3 Å². The summed E-state index contributed by atoms with van der Waals surface area (Å²) in [7, 11) is 0. The van der Waals surface area contributed by atoms with E-state index in [-0.39, 0.29) is 11.5 Å². The molecule has 0 aliphatic heterocycles. The van der Waals surface area contributed by atoms with Gasteiger partial charge in [0.25, 0.3) is 11.8 Å². The Hall–Kier alpha value is -3.48. The van der Waals surface area contributed by atoms with Gasteiger partial charge < -0.3 is 15.2 Å². The van der Waals surface area contributed by atoms with E-state index in [2.05, 4.69) is 20.8 Å². The van der Waals surface area contributed by atoms with Gasteiger partial charge in [-0.25, -0.2) is 0 Å². The maximum atomic E-state index is 12.3. The number of rotatable bonds is 5. The van der Waals surface area contributed by atoms with Gasteiger partial charge in [-0.2, -0.15) is 0 Å². The summed E-state index contributed by atoms with van der Waals surface area (Å²) in [6.45, 7) is 4.12. The van der Waals surface area contributed by atoms with Gasteiger partial charge in [-0.05, 0) is 25.5 Å². The summed E-state index contributed by atoms with van der Waals surface area (Å²) in [5.41, 5.74) is 2.69. The number of amides is 2. The summed E-state index contributed by atoms with van der Waals surface area (Å²) in [4.78, 5) is 28.6. The van der Waals surface area contributed by atoms with Crippen molar-refractivity contribution in [1.82, 2.24) is 15.5 Å². The predicted octanol–water partition coefficient (Wildman–Crippen LogP) is 2.87. The van der Waals surface area contributed by atoms with E-state index in [1.165, 1.54) is 18.5 Å². The van der Waals surface area contributed by atoms with Crippen molar-refractivity contribution in [2.24, 2.45) is 0 Å². The first-order valence-corrected chi connectivity index (χ1v) is 8.05. The van der Waals surface area contributed by atoms with Crippen LogP contribution in [0.4, 0.5) is 5.82 Å². The molecule has 0 radical (unpaired) electrons. The smallest absolute Gasteiger partial charge is 0.258 e. The van der Waals surface area contributed by atoms with Gasteiger partial charge in [0, 0.05) is 25.0 Å². The zero-order valence-electron chi connectivity index (χ0n) is 14.4. The molecule has 0 fully saturated rings. The van der Waals surface area contributed by atoms with Crippen LogP contribution in [0.2, 0.25) is 0 Å². The van der Waals surface area contributed by atoms with E-state index in [4.69, 9.17) is 4.52 Å². The molecular formula is C19H18N4O3. The molecule has 2 aromatic heterocycles. The fraction of sp³-hybridized carbons (Fsp3) is 0.158. The monoisotopic (exact) mass is 350 g/mol. The van der Waals surface area contributed by atoms with Gasteiger partial charge in [-0.15, -0.1) is 0 Å². The fourth-order valence-electron chi connectivity index (χ4n) is 2.41. The maximum absolute atomic E-state index is 12.3. The topological polar surface area (TPSA) is 97.1 Å². The van der Waals surface area contributed by atoms with Crippen LogP contribution < -0.4 is 10.6 Å². The normalized spacial score (nSPS) is 10.4. The number of hydrogen-bond acceptors (Lipinski definition) is 5. The average molecular weight is 350 g/mol. The Morgan fingerprint density at radius 1 is 1.04 bits per heavy atom. The van der Waals surface area contributed by atoms with E-state index in [1.807, 2.05) is 31.2 Å². The number of aryl methyl sites for hydroxylation is 2. The molecule has 132 valence electrons. The molecule has 2 heterocycles. The van der Waals surface area contributed by atoms with Crippen LogP contribution in [0.25, 0.3) is 0 Å². The Morgan fingerprint density at radius 2 is 1.81 bits per heavy atom. The number of carbonyl (C=O) groups excluding carboxylic acids is 2. The number of aromatic nitrogens is 2. The lowest BCUT2D eigenvalue weighted by molar-refractivity contribution is 0.0950. The van der Waals surface area contributed by atoms with Crippen molar-refractivity contribution in [3.8, 4) is 0 Å². The predicted molar refractivity (Wildman–Crippen MR) is 95.8 cm³/mol. The van der Waals surface area contributed by atoms with Gasteiger partial charge in [0.05, 0.1) is 11.1 Å². The van der Waals surface area contributed by atoms with Crippen molar-refractivity contribution in [3.63, 3.8) is 0 Å². The van der Waals surface area contributed by atoms with E-state index >= 15 is 0 Å². The van der Waals surface area contributed by atoms with Crippen LogP contribution in [0, 0.1) is 13.8 Å². The maximum Gasteiger partial charge on any atom is 0.258 e. The van der Waals surface area contributed by atoms with E-state index in [1.54, 1.807) is 13.0 Å². The second kappa shape index (κ2) is 7.60. The van der Waals surface area contributed by atoms with Crippen molar-refractivity contribution in [2.75, 3.05) is 5.32 Å². The average Bonchev–Trinajstić information content (AvgIpc) is 3.04. The Morgan fingerprint density at radius 3 is 2.50 bits per heavy atom. The molecule has 26 heavy (non-hydrogen) atoms. The summed E-state index contributed by atoms with van der Waals surface area (Å²) in [6, 6.07) is 11.0. The lowest BCUT2D eigenvalue weighted by atomic mass is 10.1. The SMILES string of the molecule is Cc1cccc(CNC(=O)c2cncc(C(=O)Nc3cc(C)on3)c2)c1. The molecule has 3 rings (SSSR count). The third-order valence-electron chi connectivity index (χ3n) is 3.67. The number of benzene rings is 1. The molecule has 3 aromatic rings. The first-order valence-electron chi connectivity index (χ1n) is 8.05. The number of carbonyl (C=O) groups is 2. The van der Waals surface area contributed by atoms with E-state index < -0.39 is 5.91 Å². The summed E-state index contributed by atoms with van der Waals surface area (Å²) < 4.78 is 4.90. The molecule has 7 heteroatoms. The van der Waals surface area contributed by atoms with Gasteiger partial charge in [0.2, 0.25) is 0 Å². The summed E-state index contributed by atoms with van der Waals surface area (Å²) in [5.74, 6) is 0.176. The Kier molecular flexibility index (Phi) is 5.07. The lowest BCUT2D eigenvalue weighted by Gasteiger charge is -2.07. The molecule has 0 bridgehead atoms. The molecular weight excluding hydrogens is 332 g/mol. The molecule has 2 N–H and O–H groups in total. The number of nitrogens with zero attached hydrogens (tertiary/aromatic N) is 2. The third kappa shape index (κ3) is 4.32. The van der Waals surface area contributed by atoms with Gasteiger partial charge in [-0.3, -0.25) is 14.6 Å². The van der Waals surface area contributed by atoms with Crippen LogP contribution in [-0.2, 0) is 6.54 Å². The molecule has 0 unspecified atom stereocenters. The largest absolute Gasteiger partial charge is 0.360 e. The Labute approximate surface area is 150 Å². The van der Waals surface area contributed by atoms with Crippen molar-refractivity contribution >= 4 is 17.6 Å². The molecule has 0 saturated heterocycles. The number of pyridine rings is 1. The number of anilines is 1. The molecule has 2 amide bonds. The van der Waals surface area contributed by atoms with Crippen LogP contribution in [0.5, 0.6) is 0 Å². The van der Waals surface area contributed by atoms with Crippen LogP contribution in [0.1, 0.15) is 37.6 Å². The van der Waals surface area contributed by atoms with Gasteiger partial charge in [0.1, 0.15) is 5.76 Å². The van der Waals surface area contributed by atoms with E-state index in [0.717, 1.165) is 11.1 Å². The number of hydrogen-bond donors (Lipinski definition) is 2. The minimum Gasteiger partial charge on any atom is -0.360 e. The third-order valence-corrected chi connectivity index (χ3v) is 3.67. The van der Waals surface area contributed by atoms with Crippen LogP contribution >= 0.6 is 0 Å². The fourth-order valence-corrected chi connectivity index (χ4v) is 2.41. The Bertz CT molecular complexity index is 949. The second-order valence-corrected chi connectivity index (χ2v) is 5.91. The standard InChI is InChI=1S/C19H18N4O3/c1-12-4-3-5-14(6-12)9-21-18(24)15-8-16(11-20-10-15)19(25)22-17-7-13(2)26-23-17/h3-8,10-11H,9H2,1-2H3,(H,21,24)(H,22,23,25). The highest BCUT2D eigenvalue weighted by Gasteiger charge is 2.13. The number of nitrogens with one attached hydrogen (secondary N) is 2. The summed E-state index contributed by atoms with van der Waals surface area (Å²) >= 11 is 0. The van der Waals surface area contributed by atoms with Crippen molar-refractivity contribution in [1.29, 1.82) is 0 Å². The highest BCUT2D eigenvalue weighted by molar-refractivity contribution is 6.05. The summed E-state index contributed by atoms with van der Waals surface area (Å²) in [5, 5.41) is 9.12. The second-order valence-electron chi connectivity index (χ2n) is 5.91. The zero-order chi connectivity index (χ0) is 18.5. The molecule has 0 atom stereocenters. The highest BCUT2D eigenvalue weighted by atomic mass is 16.5. The Balaban J connectivity index is 1.66. The summed E-state index contributed by atoms with van der Waals surface area (Å²) in [6.07, 6.45) is 2.81. The van der Waals surface area contributed by atoms with Crippen LogP contribution in [-0.4, -0.2) is 22.0 Å². The molecule has 0 aliphatic rings. The van der Waals surface area contributed by atoms with Crippen LogP contribution in [0.3, 0.4) is 0 Å². The quantitative estimate of drug-likeness (QED) is 0.737. The zero-order valence-corrected chi connectivity index (χ0v) is 14.4. The van der Waals surface area contributed by atoms with E-state index in [9.17, 15) is 9.59 Å². The molecule has 0 aliphatic carbocycles. The van der Waals surface area contributed by atoms with Gasteiger partial charge >= 0.3 is 0 Å². The van der Waals surface area contributed by atoms with E-state index in [0.29, 0.717) is 23.7 Å². The van der Waals surface area contributed by atoms with Crippen molar-refractivity contribution < 1.29 is 14.1 Å².